The molecular weight excluding hydrogens is 218 g/mol. The van der Waals surface area contributed by atoms with E-state index in [-0.39, 0.29) is 0 Å². The van der Waals surface area contributed by atoms with Crippen LogP contribution in [0.2, 0.25) is 5.15 Å². The van der Waals surface area contributed by atoms with Gasteiger partial charge >= 0.3 is 0 Å². The summed E-state index contributed by atoms with van der Waals surface area (Å²) in [5.41, 5.74) is 8.11. The van der Waals surface area contributed by atoms with E-state index in [2.05, 4.69) is 9.97 Å². The number of hydrogen-bond acceptors (Lipinski definition) is 4. The van der Waals surface area contributed by atoms with Gasteiger partial charge in [0.2, 0.25) is 0 Å². The molecule has 2 rings (SSSR count). The van der Waals surface area contributed by atoms with E-state index in [0.717, 1.165) is 16.1 Å². The molecule has 2 aromatic heterocycles. The maximum Gasteiger partial charge on any atom is 0.156 e. The molecule has 2 heterocycles. The number of hydrogen-bond donors (Lipinski definition) is 1. The minimum absolute atomic E-state index is 0.308. The van der Waals surface area contributed by atoms with Crippen LogP contribution in [-0.4, -0.2) is 9.97 Å². The van der Waals surface area contributed by atoms with E-state index in [1.54, 1.807) is 11.3 Å². The fourth-order valence-electron chi connectivity index (χ4n) is 1.17. The summed E-state index contributed by atoms with van der Waals surface area (Å²) in [5.74, 6) is 0. The van der Waals surface area contributed by atoms with Gasteiger partial charge in [-0.3, -0.25) is 0 Å². The summed E-state index contributed by atoms with van der Waals surface area (Å²) in [6.07, 6.45) is 1.42. The highest BCUT2D eigenvalue weighted by Crippen LogP contribution is 2.33. The molecule has 0 atom stereocenters. The van der Waals surface area contributed by atoms with Crippen LogP contribution >= 0.6 is 22.9 Å². The third-order valence-electron chi connectivity index (χ3n) is 1.91. The van der Waals surface area contributed by atoms with Gasteiger partial charge in [0.15, 0.2) is 5.15 Å². The molecule has 0 aliphatic heterocycles. The zero-order chi connectivity index (χ0) is 10.1. The lowest BCUT2D eigenvalue weighted by Gasteiger charge is -2.03. The Morgan fingerprint density at radius 1 is 1.43 bits per heavy atom. The molecule has 2 aromatic rings. The van der Waals surface area contributed by atoms with Gasteiger partial charge in [0.05, 0.1) is 10.6 Å². The number of nitrogens with two attached hydrogens (primary N) is 1. The topological polar surface area (TPSA) is 51.8 Å². The zero-order valence-electron chi connectivity index (χ0n) is 7.49. The number of thiophene rings is 1. The predicted molar refractivity (Wildman–Crippen MR) is 59.5 cm³/mol. The lowest BCUT2D eigenvalue weighted by atomic mass is 10.2. The van der Waals surface area contributed by atoms with E-state index in [9.17, 15) is 0 Å². The van der Waals surface area contributed by atoms with Gasteiger partial charge in [0, 0.05) is 0 Å². The van der Waals surface area contributed by atoms with Crippen LogP contribution in [0.15, 0.2) is 17.8 Å². The Hall–Kier alpha value is -1.13. The van der Waals surface area contributed by atoms with Crippen LogP contribution in [0, 0.1) is 6.92 Å². The van der Waals surface area contributed by atoms with E-state index in [0.29, 0.717) is 10.8 Å². The zero-order valence-corrected chi connectivity index (χ0v) is 9.06. The number of anilines is 1. The predicted octanol–water partition coefficient (Wildman–Crippen LogP) is 2.75. The average molecular weight is 226 g/mol. The number of rotatable bonds is 1. The molecule has 0 aromatic carbocycles. The molecule has 0 unspecified atom stereocenters. The minimum atomic E-state index is 0.308. The maximum absolute atomic E-state index is 5.81. The monoisotopic (exact) mass is 225 g/mol. The number of aryl methyl sites for hydroxylation is 1. The number of aromatic nitrogens is 2. The van der Waals surface area contributed by atoms with Crippen molar-refractivity contribution >= 4 is 28.6 Å². The molecule has 72 valence electrons. The summed E-state index contributed by atoms with van der Waals surface area (Å²) in [6, 6.07) is 2.02. The standard InChI is InChI=1S/C9H8ClN3S/c1-5-2-3-14-8(5)7-6(11)9(10)13-4-12-7/h2-4H,11H2,1H3. The van der Waals surface area contributed by atoms with E-state index in [4.69, 9.17) is 17.3 Å². The van der Waals surface area contributed by atoms with Crippen LogP contribution in [0.5, 0.6) is 0 Å². The maximum atomic E-state index is 5.81. The highest BCUT2D eigenvalue weighted by Gasteiger charge is 2.11. The lowest BCUT2D eigenvalue weighted by molar-refractivity contribution is 1.18. The Morgan fingerprint density at radius 2 is 2.21 bits per heavy atom. The summed E-state index contributed by atoms with van der Waals surface area (Å²) in [7, 11) is 0. The first-order valence-corrected chi connectivity index (χ1v) is 5.26. The fourth-order valence-corrected chi connectivity index (χ4v) is 2.24. The van der Waals surface area contributed by atoms with Crippen LogP contribution in [0.1, 0.15) is 5.56 Å². The molecule has 3 nitrogen and oxygen atoms in total. The number of nitrogens with zero attached hydrogens (tertiary/aromatic N) is 2. The molecule has 2 N–H and O–H groups in total. The molecule has 0 aliphatic rings. The van der Waals surface area contributed by atoms with Gasteiger partial charge in [-0.05, 0) is 23.9 Å². The van der Waals surface area contributed by atoms with Gasteiger partial charge in [-0.15, -0.1) is 11.3 Å². The van der Waals surface area contributed by atoms with Crippen LogP contribution in [-0.2, 0) is 0 Å². The highest BCUT2D eigenvalue weighted by molar-refractivity contribution is 7.13. The van der Waals surface area contributed by atoms with Gasteiger partial charge in [0.25, 0.3) is 0 Å². The molecule has 5 heteroatoms. The largest absolute Gasteiger partial charge is 0.394 e. The third-order valence-corrected chi connectivity index (χ3v) is 3.24. The molecule has 0 saturated heterocycles. The summed E-state index contributed by atoms with van der Waals surface area (Å²) in [6.45, 7) is 2.02. The van der Waals surface area contributed by atoms with Crippen molar-refractivity contribution in [1.29, 1.82) is 0 Å². The Kier molecular flexibility index (Phi) is 2.39. The smallest absolute Gasteiger partial charge is 0.156 e. The van der Waals surface area contributed by atoms with Crippen molar-refractivity contribution in [3.8, 4) is 10.6 Å². The normalized spacial score (nSPS) is 10.4. The van der Waals surface area contributed by atoms with Crippen LogP contribution in [0.25, 0.3) is 10.6 Å². The second-order valence-electron chi connectivity index (χ2n) is 2.86. The highest BCUT2D eigenvalue weighted by atomic mass is 35.5. The summed E-state index contributed by atoms with van der Waals surface area (Å²) >= 11 is 7.41. The Balaban J connectivity index is 2.63. The summed E-state index contributed by atoms with van der Waals surface area (Å²) in [5, 5.41) is 2.31. The third kappa shape index (κ3) is 1.47. The van der Waals surface area contributed by atoms with Crippen molar-refractivity contribution in [1.82, 2.24) is 9.97 Å². The summed E-state index contributed by atoms with van der Waals surface area (Å²) in [4.78, 5) is 8.99. The van der Waals surface area contributed by atoms with Crippen LogP contribution in [0.3, 0.4) is 0 Å². The van der Waals surface area contributed by atoms with E-state index in [1.807, 2.05) is 18.4 Å². The van der Waals surface area contributed by atoms with E-state index < -0.39 is 0 Å². The molecule has 0 fully saturated rings. The molecule has 0 spiro atoms. The van der Waals surface area contributed by atoms with Gasteiger partial charge in [-0.1, -0.05) is 11.6 Å². The van der Waals surface area contributed by atoms with Crippen molar-refractivity contribution in [2.75, 3.05) is 5.73 Å². The molecular formula is C9H8ClN3S. The van der Waals surface area contributed by atoms with Gasteiger partial charge in [0.1, 0.15) is 12.0 Å². The molecule has 0 saturated carbocycles. The molecule has 14 heavy (non-hydrogen) atoms. The summed E-state index contributed by atoms with van der Waals surface area (Å²) < 4.78 is 0. The lowest BCUT2D eigenvalue weighted by Crippen LogP contribution is -1.95. The van der Waals surface area contributed by atoms with Gasteiger partial charge in [-0.25, -0.2) is 9.97 Å². The van der Waals surface area contributed by atoms with Gasteiger partial charge in [-0.2, -0.15) is 0 Å². The van der Waals surface area contributed by atoms with Crippen molar-refractivity contribution in [2.45, 2.75) is 6.92 Å². The molecule has 0 aliphatic carbocycles. The molecule has 0 radical (unpaired) electrons. The molecule has 0 amide bonds. The number of nitrogen functional groups attached to an aromatic ring is 1. The second-order valence-corrected chi connectivity index (χ2v) is 4.13. The quantitative estimate of drug-likeness (QED) is 0.760. The van der Waals surface area contributed by atoms with Crippen molar-refractivity contribution in [3.63, 3.8) is 0 Å². The van der Waals surface area contributed by atoms with Crippen LogP contribution in [0.4, 0.5) is 5.69 Å². The number of halogens is 1. The van der Waals surface area contributed by atoms with E-state index in [1.165, 1.54) is 6.33 Å². The minimum Gasteiger partial charge on any atom is -0.394 e. The first kappa shape index (κ1) is 9.43. The molecule has 0 bridgehead atoms. The fraction of sp³-hybridized carbons (Fsp3) is 0.111. The average Bonchev–Trinajstić information content (AvgIpc) is 2.57. The van der Waals surface area contributed by atoms with Crippen molar-refractivity contribution in [2.24, 2.45) is 0 Å². The first-order valence-electron chi connectivity index (χ1n) is 4.00. The van der Waals surface area contributed by atoms with E-state index >= 15 is 0 Å². The second kappa shape index (κ2) is 3.55. The Morgan fingerprint density at radius 3 is 2.86 bits per heavy atom. The van der Waals surface area contributed by atoms with Crippen LogP contribution < -0.4 is 5.73 Å². The Labute approximate surface area is 90.6 Å². The van der Waals surface area contributed by atoms with Crippen molar-refractivity contribution < 1.29 is 0 Å². The Bertz CT molecular complexity index is 467. The first-order chi connectivity index (χ1) is 6.70. The SMILES string of the molecule is Cc1ccsc1-c1ncnc(Cl)c1N. The van der Waals surface area contributed by atoms with Gasteiger partial charge < -0.3 is 5.73 Å². The van der Waals surface area contributed by atoms with Crippen molar-refractivity contribution in [3.05, 3.63) is 28.5 Å².